The highest BCUT2D eigenvalue weighted by atomic mass is 16.5. The third-order valence-electron chi connectivity index (χ3n) is 3.72. The first kappa shape index (κ1) is 18.2. The van der Waals surface area contributed by atoms with Crippen molar-refractivity contribution in [1.82, 2.24) is 15.4 Å². The van der Waals surface area contributed by atoms with Gasteiger partial charge in [0.2, 0.25) is 0 Å². The molecule has 21 heavy (non-hydrogen) atoms. The zero-order valence-corrected chi connectivity index (χ0v) is 14.6. The Morgan fingerprint density at radius 1 is 1.19 bits per heavy atom. The molecule has 1 rings (SSSR count). The van der Waals surface area contributed by atoms with Crippen LogP contribution < -0.4 is 5.32 Å². The van der Waals surface area contributed by atoms with Gasteiger partial charge in [-0.05, 0) is 18.8 Å². The maximum absolute atomic E-state index is 5.52. The summed E-state index contributed by atoms with van der Waals surface area (Å²) in [7, 11) is 0. The van der Waals surface area contributed by atoms with E-state index in [0.29, 0.717) is 18.0 Å². The third-order valence-corrected chi connectivity index (χ3v) is 3.72. The summed E-state index contributed by atoms with van der Waals surface area (Å²) in [5.74, 6) is 1.64. The summed E-state index contributed by atoms with van der Waals surface area (Å²) < 4.78 is 5.52. The number of hydrogen-bond acceptors (Lipinski definition) is 4. The topological polar surface area (TPSA) is 41.3 Å². The van der Waals surface area contributed by atoms with Crippen molar-refractivity contribution in [2.45, 2.75) is 79.6 Å². The van der Waals surface area contributed by atoms with Gasteiger partial charge in [-0.2, -0.15) is 0 Å². The van der Waals surface area contributed by atoms with Gasteiger partial charge in [-0.3, -0.25) is 4.90 Å². The molecule has 4 nitrogen and oxygen atoms in total. The monoisotopic (exact) mass is 295 g/mol. The molecule has 0 saturated carbocycles. The SMILES string of the molecule is CCC(CC)N(Cc1cc(CNC(C)C)no1)CC(C)C. The minimum absolute atomic E-state index is 0.465. The minimum Gasteiger partial charge on any atom is -0.360 e. The fraction of sp³-hybridized carbons (Fsp3) is 0.824. The zero-order chi connectivity index (χ0) is 15.8. The number of nitrogens with zero attached hydrogens (tertiary/aromatic N) is 2. The van der Waals surface area contributed by atoms with Crippen LogP contribution in [0.2, 0.25) is 0 Å². The van der Waals surface area contributed by atoms with Gasteiger partial charge in [0.1, 0.15) is 0 Å². The van der Waals surface area contributed by atoms with Crippen molar-refractivity contribution in [2.24, 2.45) is 5.92 Å². The Kier molecular flexibility index (Phi) is 7.97. The van der Waals surface area contributed by atoms with E-state index in [4.69, 9.17) is 4.52 Å². The van der Waals surface area contributed by atoms with Crippen LogP contribution in [0.25, 0.3) is 0 Å². The van der Waals surface area contributed by atoms with Gasteiger partial charge < -0.3 is 9.84 Å². The van der Waals surface area contributed by atoms with E-state index >= 15 is 0 Å². The molecule has 0 spiro atoms. The average molecular weight is 295 g/mol. The molecule has 1 heterocycles. The predicted molar refractivity (Wildman–Crippen MR) is 88.1 cm³/mol. The molecular formula is C17H33N3O. The first-order chi connectivity index (χ1) is 9.96. The summed E-state index contributed by atoms with van der Waals surface area (Å²) in [6.45, 7) is 16.1. The van der Waals surface area contributed by atoms with Gasteiger partial charge in [0.15, 0.2) is 5.76 Å². The van der Waals surface area contributed by atoms with E-state index in [0.717, 1.165) is 31.1 Å². The quantitative estimate of drug-likeness (QED) is 0.712. The zero-order valence-electron chi connectivity index (χ0n) is 14.6. The highest BCUT2D eigenvalue weighted by molar-refractivity contribution is 5.05. The van der Waals surface area contributed by atoms with E-state index in [1.807, 2.05) is 0 Å². The maximum Gasteiger partial charge on any atom is 0.151 e. The van der Waals surface area contributed by atoms with Crippen LogP contribution in [0.15, 0.2) is 10.6 Å². The van der Waals surface area contributed by atoms with Gasteiger partial charge in [-0.25, -0.2) is 0 Å². The van der Waals surface area contributed by atoms with Gasteiger partial charge in [-0.1, -0.05) is 46.7 Å². The summed E-state index contributed by atoms with van der Waals surface area (Å²) in [4.78, 5) is 2.53. The molecule has 0 bridgehead atoms. The van der Waals surface area contributed by atoms with Crippen LogP contribution in [0, 0.1) is 5.92 Å². The second kappa shape index (κ2) is 9.21. The standard InChI is InChI=1S/C17H33N3O/c1-7-16(8-2)20(11-13(3)4)12-17-9-15(19-21-17)10-18-14(5)6/h9,13-14,16,18H,7-8,10-12H2,1-6H3. The molecule has 4 heteroatoms. The minimum atomic E-state index is 0.465. The van der Waals surface area contributed by atoms with Crippen LogP contribution in [0.4, 0.5) is 0 Å². The smallest absolute Gasteiger partial charge is 0.151 e. The van der Waals surface area contributed by atoms with Crippen LogP contribution in [0.3, 0.4) is 0 Å². The molecule has 0 fully saturated rings. The van der Waals surface area contributed by atoms with Crippen molar-refractivity contribution in [3.05, 3.63) is 17.5 Å². The number of rotatable bonds is 10. The van der Waals surface area contributed by atoms with Crippen molar-refractivity contribution >= 4 is 0 Å². The summed E-state index contributed by atoms with van der Waals surface area (Å²) in [6.07, 6.45) is 2.36. The van der Waals surface area contributed by atoms with Crippen LogP contribution in [-0.4, -0.2) is 28.7 Å². The number of hydrogen-bond donors (Lipinski definition) is 1. The summed E-state index contributed by atoms with van der Waals surface area (Å²) in [5.41, 5.74) is 0.993. The van der Waals surface area contributed by atoms with E-state index in [2.05, 4.69) is 63.0 Å². The Balaban J connectivity index is 2.65. The normalized spacial score (nSPS) is 12.3. The van der Waals surface area contributed by atoms with Crippen molar-refractivity contribution in [2.75, 3.05) is 6.54 Å². The summed E-state index contributed by atoms with van der Waals surface area (Å²) >= 11 is 0. The van der Waals surface area contributed by atoms with E-state index < -0.39 is 0 Å². The highest BCUT2D eigenvalue weighted by Gasteiger charge is 2.18. The molecule has 0 saturated heterocycles. The Labute approximate surface area is 130 Å². The Morgan fingerprint density at radius 2 is 1.86 bits per heavy atom. The lowest BCUT2D eigenvalue weighted by Gasteiger charge is -2.30. The molecule has 0 atom stereocenters. The molecule has 0 unspecified atom stereocenters. The maximum atomic E-state index is 5.52. The van der Waals surface area contributed by atoms with Gasteiger partial charge in [0.05, 0.1) is 12.2 Å². The highest BCUT2D eigenvalue weighted by Crippen LogP contribution is 2.16. The summed E-state index contributed by atoms with van der Waals surface area (Å²) in [6, 6.07) is 3.17. The molecule has 1 N–H and O–H groups in total. The van der Waals surface area contributed by atoms with Gasteiger partial charge >= 0.3 is 0 Å². The molecule has 0 aliphatic rings. The lowest BCUT2D eigenvalue weighted by Crippen LogP contribution is -2.36. The first-order valence-corrected chi connectivity index (χ1v) is 8.38. The fourth-order valence-electron chi connectivity index (χ4n) is 2.64. The van der Waals surface area contributed by atoms with E-state index in [-0.39, 0.29) is 0 Å². The van der Waals surface area contributed by atoms with Crippen molar-refractivity contribution < 1.29 is 4.52 Å². The average Bonchev–Trinajstić information content (AvgIpc) is 2.84. The largest absolute Gasteiger partial charge is 0.360 e. The number of aromatic nitrogens is 1. The lowest BCUT2D eigenvalue weighted by atomic mass is 10.1. The summed E-state index contributed by atoms with van der Waals surface area (Å²) in [5, 5.41) is 7.54. The van der Waals surface area contributed by atoms with Crippen LogP contribution in [0.1, 0.15) is 65.8 Å². The molecule has 1 aromatic heterocycles. The van der Waals surface area contributed by atoms with Crippen LogP contribution in [0.5, 0.6) is 0 Å². The Morgan fingerprint density at radius 3 is 2.38 bits per heavy atom. The number of nitrogens with one attached hydrogen (secondary N) is 1. The molecule has 0 amide bonds. The fourth-order valence-corrected chi connectivity index (χ4v) is 2.64. The van der Waals surface area contributed by atoms with E-state index in [9.17, 15) is 0 Å². The van der Waals surface area contributed by atoms with E-state index in [1.165, 1.54) is 12.8 Å². The van der Waals surface area contributed by atoms with Crippen LogP contribution in [-0.2, 0) is 13.1 Å². The molecule has 122 valence electrons. The Bertz CT molecular complexity index is 383. The predicted octanol–water partition coefficient (Wildman–Crippen LogP) is 3.82. The van der Waals surface area contributed by atoms with Crippen molar-refractivity contribution in [1.29, 1.82) is 0 Å². The van der Waals surface area contributed by atoms with Crippen LogP contribution >= 0.6 is 0 Å². The third kappa shape index (κ3) is 6.62. The van der Waals surface area contributed by atoms with Gasteiger partial charge in [-0.15, -0.1) is 0 Å². The van der Waals surface area contributed by atoms with Crippen molar-refractivity contribution in [3.63, 3.8) is 0 Å². The molecule has 0 aromatic carbocycles. The molecular weight excluding hydrogens is 262 g/mol. The van der Waals surface area contributed by atoms with Gasteiger partial charge in [0.25, 0.3) is 0 Å². The van der Waals surface area contributed by atoms with Crippen molar-refractivity contribution in [3.8, 4) is 0 Å². The first-order valence-electron chi connectivity index (χ1n) is 8.38. The second-order valence-corrected chi connectivity index (χ2v) is 6.61. The molecule has 0 aliphatic heterocycles. The van der Waals surface area contributed by atoms with Gasteiger partial charge in [0, 0.05) is 31.2 Å². The molecule has 0 radical (unpaired) electrons. The van der Waals surface area contributed by atoms with E-state index in [1.54, 1.807) is 0 Å². The molecule has 1 aromatic rings. The molecule has 0 aliphatic carbocycles. The second-order valence-electron chi connectivity index (χ2n) is 6.61. The lowest BCUT2D eigenvalue weighted by molar-refractivity contribution is 0.141. The Hall–Kier alpha value is -0.870.